The number of nitrogens with two attached hydrogens (primary N) is 1. The second-order valence-electron chi connectivity index (χ2n) is 4.42. The lowest BCUT2D eigenvalue weighted by molar-refractivity contribution is 0.102. The van der Waals surface area contributed by atoms with E-state index in [-0.39, 0.29) is 10.9 Å². The molecule has 0 saturated carbocycles. The third kappa shape index (κ3) is 3.03. The van der Waals surface area contributed by atoms with Crippen LogP contribution in [0.4, 0.5) is 5.69 Å². The number of hydrogen-bond acceptors (Lipinski definition) is 3. The highest BCUT2D eigenvalue weighted by Gasteiger charge is 2.12. The van der Waals surface area contributed by atoms with Crippen LogP contribution in [0.5, 0.6) is 0 Å². The summed E-state index contributed by atoms with van der Waals surface area (Å²) in [4.78, 5) is 12.5. The van der Waals surface area contributed by atoms with E-state index in [0.29, 0.717) is 11.1 Å². The lowest BCUT2D eigenvalue weighted by Gasteiger charge is -2.06. The lowest BCUT2D eigenvalue weighted by atomic mass is 10.1. The number of aryl methyl sites for hydroxylation is 2. The standard InChI is InChI=1S/C14H16N4OS/c1-3-11-12(8-18(2)17-11)16-14(19)10-6-4-5-9(7-10)13(15)20/h4-8H,3H2,1-2H3,(H2,15,20)(H,16,19). The molecule has 0 bridgehead atoms. The van der Waals surface area contributed by atoms with Crippen LogP contribution in [-0.2, 0) is 13.5 Å². The fourth-order valence-electron chi connectivity index (χ4n) is 1.91. The van der Waals surface area contributed by atoms with Gasteiger partial charge in [0.2, 0.25) is 0 Å². The molecule has 5 nitrogen and oxygen atoms in total. The topological polar surface area (TPSA) is 72.9 Å². The number of hydrogen-bond donors (Lipinski definition) is 2. The molecule has 0 radical (unpaired) electrons. The monoisotopic (exact) mass is 288 g/mol. The van der Waals surface area contributed by atoms with E-state index < -0.39 is 0 Å². The second-order valence-corrected chi connectivity index (χ2v) is 4.86. The normalized spacial score (nSPS) is 10.3. The van der Waals surface area contributed by atoms with Crippen LogP contribution in [0.2, 0.25) is 0 Å². The van der Waals surface area contributed by atoms with Gasteiger partial charge in [0.1, 0.15) is 4.99 Å². The maximum absolute atomic E-state index is 12.2. The molecule has 0 unspecified atom stereocenters. The highest BCUT2D eigenvalue weighted by molar-refractivity contribution is 7.80. The Morgan fingerprint density at radius 1 is 1.45 bits per heavy atom. The Labute approximate surface area is 122 Å². The molecule has 0 aliphatic carbocycles. The van der Waals surface area contributed by atoms with Gasteiger partial charge in [0, 0.05) is 24.4 Å². The van der Waals surface area contributed by atoms with Crippen molar-refractivity contribution in [2.24, 2.45) is 12.8 Å². The maximum atomic E-state index is 12.2. The summed E-state index contributed by atoms with van der Waals surface area (Å²) in [6, 6.07) is 6.94. The van der Waals surface area contributed by atoms with E-state index in [4.69, 9.17) is 18.0 Å². The molecule has 6 heteroatoms. The molecule has 2 aromatic rings. The number of amides is 1. The van der Waals surface area contributed by atoms with Gasteiger partial charge in [0.25, 0.3) is 5.91 Å². The van der Waals surface area contributed by atoms with Crippen LogP contribution in [0.25, 0.3) is 0 Å². The first-order chi connectivity index (χ1) is 9.51. The molecule has 0 aliphatic heterocycles. The maximum Gasteiger partial charge on any atom is 0.255 e. The number of rotatable bonds is 4. The smallest absolute Gasteiger partial charge is 0.255 e. The van der Waals surface area contributed by atoms with Gasteiger partial charge in [-0.3, -0.25) is 9.48 Å². The van der Waals surface area contributed by atoms with E-state index in [1.54, 1.807) is 35.1 Å². The van der Waals surface area contributed by atoms with E-state index in [1.807, 2.05) is 14.0 Å². The molecule has 0 fully saturated rings. The van der Waals surface area contributed by atoms with Crippen molar-refractivity contribution in [3.05, 3.63) is 47.3 Å². The number of anilines is 1. The fraction of sp³-hybridized carbons (Fsp3) is 0.214. The molecule has 0 atom stereocenters. The summed E-state index contributed by atoms with van der Waals surface area (Å²) in [5.74, 6) is -0.203. The van der Waals surface area contributed by atoms with Crippen molar-refractivity contribution < 1.29 is 4.79 Å². The van der Waals surface area contributed by atoms with Crippen LogP contribution in [0.15, 0.2) is 30.5 Å². The molecule has 1 aromatic heterocycles. The van der Waals surface area contributed by atoms with Gasteiger partial charge in [-0.15, -0.1) is 0 Å². The zero-order valence-corrected chi connectivity index (χ0v) is 12.2. The molecule has 0 aliphatic rings. The second kappa shape index (κ2) is 5.83. The van der Waals surface area contributed by atoms with Gasteiger partial charge >= 0.3 is 0 Å². The predicted molar refractivity (Wildman–Crippen MR) is 82.9 cm³/mol. The van der Waals surface area contributed by atoms with Gasteiger partial charge < -0.3 is 11.1 Å². The molecule has 2 rings (SSSR count). The number of nitrogens with one attached hydrogen (secondary N) is 1. The molecule has 0 saturated heterocycles. The summed E-state index contributed by atoms with van der Waals surface area (Å²) >= 11 is 4.91. The molecule has 1 aromatic carbocycles. The van der Waals surface area contributed by atoms with Gasteiger partial charge in [-0.05, 0) is 18.6 Å². The van der Waals surface area contributed by atoms with Gasteiger partial charge in [-0.1, -0.05) is 31.3 Å². The van der Waals surface area contributed by atoms with Crippen molar-refractivity contribution in [1.82, 2.24) is 9.78 Å². The minimum atomic E-state index is -0.203. The van der Waals surface area contributed by atoms with Gasteiger partial charge in [0.15, 0.2) is 0 Å². The Bertz CT molecular complexity index is 663. The van der Waals surface area contributed by atoms with Gasteiger partial charge in [0.05, 0.1) is 11.4 Å². The summed E-state index contributed by atoms with van der Waals surface area (Å²) in [6.45, 7) is 1.99. The van der Waals surface area contributed by atoms with Crippen LogP contribution in [0.3, 0.4) is 0 Å². The Morgan fingerprint density at radius 2 is 2.15 bits per heavy atom. The number of benzene rings is 1. The third-order valence-corrected chi connectivity index (χ3v) is 3.13. The van der Waals surface area contributed by atoms with Crippen LogP contribution >= 0.6 is 12.2 Å². The zero-order chi connectivity index (χ0) is 14.7. The Hall–Kier alpha value is -2.21. The zero-order valence-electron chi connectivity index (χ0n) is 11.4. The van der Waals surface area contributed by atoms with Crippen LogP contribution in [0, 0.1) is 0 Å². The highest BCUT2D eigenvalue weighted by Crippen LogP contribution is 2.15. The Balaban J connectivity index is 2.23. The van der Waals surface area contributed by atoms with Crippen LogP contribution < -0.4 is 11.1 Å². The lowest BCUT2D eigenvalue weighted by Crippen LogP contribution is -2.15. The molecule has 1 heterocycles. The van der Waals surface area contributed by atoms with E-state index in [2.05, 4.69) is 10.4 Å². The summed E-state index contributed by atoms with van der Waals surface area (Å²) in [5.41, 5.74) is 8.34. The quantitative estimate of drug-likeness (QED) is 0.842. The fourth-order valence-corrected chi connectivity index (χ4v) is 2.04. The first-order valence-electron chi connectivity index (χ1n) is 6.25. The molecular formula is C14H16N4OS. The largest absolute Gasteiger partial charge is 0.389 e. The van der Waals surface area contributed by atoms with Crippen LogP contribution in [0.1, 0.15) is 28.5 Å². The van der Waals surface area contributed by atoms with Gasteiger partial charge in [-0.2, -0.15) is 5.10 Å². The van der Waals surface area contributed by atoms with Crippen molar-refractivity contribution in [3.8, 4) is 0 Å². The summed E-state index contributed by atoms with van der Waals surface area (Å²) < 4.78 is 1.68. The third-order valence-electron chi connectivity index (χ3n) is 2.90. The molecule has 20 heavy (non-hydrogen) atoms. The first-order valence-corrected chi connectivity index (χ1v) is 6.65. The summed E-state index contributed by atoms with van der Waals surface area (Å²) in [6.07, 6.45) is 2.54. The van der Waals surface area contributed by atoms with E-state index >= 15 is 0 Å². The molecular weight excluding hydrogens is 272 g/mol. The summed E-state index contributed by atoms with van der Waals surface area (Å²) in [7, 11) is 1.82. The van der Waals surface area contributed by atoms with E-state index in [1.165, 1.54) is 0 Å². The van der Waals surface area contributed by atoms with E-state index in [0.717, 1.165) is 17.8 Å². The molecule has 1 amide bonds. The Kier molecular flexibility index (Phi) is 4.14. The van der Waals surface area contributed by atoms with Crippen LogP contribution in [-0.4, -0.2) is 20.7 Å². The number of aromatic nitrogens is 2. The summed E-state index contributed by atoms with van der Waals surface area (Å²) in [5, 5.41) is 7.14. The highest BCUT2D eigenvalue weighted by atomic mass is 32.1. The minimum Gasteiger partial charge on any atom is -0.389 e. The Morgan fingerprint density at radius 3 is 2.80 bits per heavy atom. The minimum absolute atomic E-state index is 0.203. The molecule has 0 spiro atoms. The van der Waals surface area contributed by atoms with Gasteiger partial charge in [-0.25, -0.2) is 0 Å². The predicted octanol–water partition coefficient (Wildman–Crippen LogP) is 1.87. The molecule has 3 N–H and O–H groups in total. The van der Waals surface area contributed by atoms with E-state index in [9.17, 15) is 4.79 Å². The first kappa shape index (κ1) is 14.2. The average molecular weight is 288 g/mol. The van der Waals surface area contributed by atoms with Crippen molar-refractivity contribution in [2.45, 2.75) is 13.3 Å². The number of nitrogens with zero attached hydrogens (tertiary/aromatic N) is 2. The van der Waals surface area contributed by atoms with Crippen molar-refractivity contribution in [2.75, 3.05) is 5.32 Å². The number of carbonyl (C=O) groups is 1. The number of carbonyl (C=O) groups excluding carboxylic acids is 1. The van der Waals surface area contributed by atoms with Crippen molar-refractivity contribution in [3.63, 3.8) is 0 Å². The van der Waals surface area contributed by atoms with Crippen molar-refractivity contribution in [1.29, 1.82) is 0 Å². The molecule has 104 valence electrons. The van der Waals surface area contributed by atoms with Crippen molar-refractivity contribution >= 4 is 28.8 Å². The average Bonchev–Trinajstić information content (AvgIpc) is 2.78. The number of thiocarbonyl (C=S) groups is 1. The SMILES string of the molecule is CCc1nn(C)cc1NC(=O)c1cccc(C(N)=S)c1.